The first-order valence-corrected chi connectivity index (χ1v) is 9.01. The van der Waals surface area contributed by atoms with Crippen molar-refractivity contribution in [3.8, 4) is 5.75 Å². The molecule has 0 radical (unpaired) electrons. The van der Waals surface area contributed by atoms with Gasteiger partial charge in [0.25, 0.3) is 0 Å². The van der Waals surface area contributed by atoms with Gasteiger partial charge in [0.1, 0.15) is 5.75 Å². The second kappa shape index (κ2) is 9.67. The lowest BCUT2D eigenvalue weighted by Crippen LogP contribution is -2.32. The molecule has 2 aromatic rings. The number of halogens is 2. The molecular formula is C18H22F2N6O2. The summed E-state index contributed by atoms with van der Waals surface area (Å²) in [6.07, 6.45) is 4.11. The summed E-state index contributed by atoms with van der Waals surface area (Å²) in [4.78, 5) is 14.2. The minimum absolute atomic E-state index is 0.0223. The van der Waals surface area contributed by atoms with E-state index in [2.05, 4.69) is 35.8 Å². The van der Waals surface area contributed by atoms with Crippen molar-refractivity contribution in [2.24, 2.45) is 0 Å². The van der Waals surface area contributed by atoms with Crippen LogP contribution in [0.2, 0.25) is 0 Å². The van der Waals surface area contributed by atoms with E-state index in [0.717, 1.165) is 18.8 Å². The Hall–Kier alpha value is -3.17. The SMILES string of the molecule is O=C(NCCNc1cc(N2CCCC2)cnn1)Nc1cccc(OC(F)F)c1. The van der Waals surface area contributed by atoms with E-state index in [-0.39, 0.29) is 5.75 Å². The van der Waals surface area contributed by atoms with Crippen LogP contribution < -0.4 is 25.6 Å². The molecule has 8 nitrogen and oxygen atoms in total. The number of nitrogens with zero attached hydrogens (tertiary/aromatic N) is 3. The van der Waals surface area contributed by atoms with Gasteiger partial charge in [0.2, 0.25) is 0 Å². The summed E-state index contributed by atoms with van der Waals surface area (Å²) in [5, 5.41) is 16.4. The first-order chi connectivity index (χ1) is 13.6. The maximum Gasteiger partial charge on any atom is 0.387 e. The zero-order chi connectivity index (χ0) is 19.8. The number of anilines is 3. The van der Waals surface area contributed by atoms with Crippen LogP contribution in [0.4, 0.5) is 30.8 Å². The van der Waals surface area contributed by atoms with Crippen molar-refractivity contribution in [1.82, 2.24) is 15.5 Å². The number of alkyl halides is 2. The van der Waals surface area contributed by atoms with Crippen molar-refractivity contribution in [3.05, 3.63) is 36.5 Å². The van der Waals surface area contributed by atoms with Gasteiger partial charge in [-0.25, -0.2) is 4.79 Å². The van der Waals surface area contributed by atoms with Crippen molar-refractivity contribution in [3.63, 3.8) is 0 Å². The average molecular weight is 392 g/mol. The monoisotopic (exact) mass is 392 g/mol. The van der Waals surface area contributed by atoms with Gasteiger partial charge < -0.3 is 25.6 Å². The van der Waals surface area contributed by atoms with E-state index in [1.807, 2.05) is 6.07 Å². The fourth-order valence-corrected chi connectivity index (χ4v) is 2.88. The predicted octanol–water partition coefficient (Wildman–Crippen LogP) is 2.91. The third kappa shape index (κ3) is 5.93. The van der Waals surface area contributed by atoms with Crippen LogP contribution in [0.15, 0.2) is 36.5 Å². The minimum atomic E-state index is -2.91. The third-order valence-corrected chi connectivity index (χ3v) is 4.15. The molecule has 0 spiro atoms. The van der Waals surface area contributed by atoms with Gasteiger partial charge in [-0.05, 0) is 25.0 Å². The molecule has 1 aliphatic heterocycles. The highest BCUT2D eigenvalue weighted by molar-refractivity contribution is 5.89. The highest BCUT2D eigenvalue weighted by Crippen LogP contribution is 2.21. The molecule has 0 atom stereocenters. The molecule has 3 rings (SSSR count). The molecule has 1 fully saturated rings. The molecule has 10 heteroatoms. The Bertz CT molecular complexity index is 786. The summed E-state index contributed by atoms with van der Waals surface area (Å²) in [6, 6.07) is 7.29. The zero-order valence-corrected chi connectivity index (χ0v) is 15.2. The van der Waals surface area contributed by atoms with Crippen molar-refractivity contribution in [2.45, 2.75) is 19.5 Å². The van der Waals surface area contributed by atoms with Crippen LogP contribution in [-0.2, 0) is 0 Å². The first kappa shape index (κ1) is 19.6. The molecule has 0 bridgehead atoms. The van der Waals surface area contributed by atoms with E-state index in [1.54, 1.807) is 12.3 Å². The summed E-state index contributed by atoms with van der Waals surface area (Å²) < 4.78 is 28.8. The summed E-state index contributed by atoms with van der Waals surface area (Å²) in [7, 11) is 0. The number of hydrogen-bond donors (Lipinski definition) is 3. The first-order valence-electron chi connectivity index (χ1n) is 9.01. The van der Waals surface area contributed by atoms with Crippen LogP contribution in [0.1, 0.15) is 12.8 Å². The molecule has 28 heavy (non-hydrogen) atoms. The summed E-state index contributed by atoms with van der Waals surface area (Å²) in [5.41, 5.74) is 1.39. The van der Waals surface area contributed by atoms with Gasteiger partial charge in [-0.1, -0.05) is 6.07 Å². The maximum absolute atomic E-state index is 12.2. The number of carbonyl (C=O) groups excluding carboxylic acids is 1. The maximum atomic E-state index is 12.2. The Balaban J connectivity index is 1.40. The molecule has 0 unspecified atom stereocenters. The number of urea groups is 1. The zero-order valence-electron chi connectivity index (χ0n) is 15.2. The Morgan fingerprint density at radius 2 is 2.04 bits per heavy atom. The molecule has 1 aliphatic rings. The van der Waals surface area contributed by atoms with Crippen LogP contribution in [0.25, 0.3) is 0 Å². The van der Waals surface area contributed by atoms with Crippen molar-refractivity contribution >= 4 is 23.2 Å². The molecule has 3 N–H and O–H groups in total. The highest BCUT2D eigenvalue weighted by atomic mass is 19.3. The molecule has 150 valence electrons. The molecule has 0 saturated carbocycles. The average Bonchev–Trinajstić information content (AvgIpc) is 3.20. The van der Waals surface area contributed by atoms with Crippen LogP contribution in [-0.4, -0.2) is 49.0 Å². The molecule has 2 amide bonds. The van der Waals surface area contributed by atoms with Gasteiger partial charge in [-0.15, -0.1) is 5.10 Å². The Morgan fingerprint density at radius 1 is 1.21 bits per heavy atom. The van der Waals surface area contributed by atoms with Crippen molar-refractivity contribution in [1.29, 1.82) is 0 Å². The number of ether oxygens (including phenoxy) is 1. The fourth-order valence-electron chi connectivity index (χ4n) is 2.88. The second-order valence-electron chi connectivity index (χ2n) is 6.21. The van der Waals surface area contributed by atoms with Gasteiger partial charge in [0, 0.05) is 44.0 Å². The van der Waals surface area contributed by atoms with E-state index in [1.165, 1.54) is 31.0 Å². The number of carbonyl (C=O) groups is 1. The lowest BCUT2D eigenvalue weighted by Gasteiger charge is -2.17. The quantitative estimate of drug-likeness (QED) is 0.599. The number of aromatic nitrogens is 2. The second-order valence-corrected chi connectivity index (χ2v) is 6.21. The molecule has 1 saturated heterocycles. The lowest BCUT2D eigenvalue weighted by atomic mass is 10.3. The molecule has 1 aromatic heterocycles. The molecule has 1 aromatic carbocycles. The van der Waals surface area contributed by atoms with Crippen LogP contribution >= 0.6 is 0 Å². The number of amides is 2. The molecule has 2 heterocycles. The third-order valence-electron chi connectivity index (χ3n) is 4.15. The standard InChI is InChI=1S/C18H22F2N6O2/c19-17(20)28-15-5-3-4-13(10-15)24-18(27)22-7-6-21-16-11-14(12-23-25-16)26-8-1-2-9-26/h3-5,10-12,17H,1-2,6-9H2,(H,21,25)(H2,22,24,27). The lowest BCUT2D eigenvalue weighted by molar-refractivity contribution is -0.0497. The Labute approximate surface area is 161 Å². The molecule has 0 aliphatic carbocycles. The van der Waals surface area contributed by atoms with Gasteiger partial charge in [0.15, 0.2) is 5.82 Å². The van der Waals surface area contributed by atoms with E-state index >= 15 is 0 Å². The van der Waals surface area contributed by atoms with Crippen LogP contribution in [0, 0.1) is 0 Å². The predicted molar refractivity (Wildman–Crippen MR) is 102 cm³/mol. The van der Waals surface area contributed by atoms with Crippen LogP contribution in [0.3, 0.4) is 0 Å². The smallest absolute Gasteiger partial charge is 0.387 e. The Kier molecular flexibility index (Phi) is 6.77. The number of hydrogen-bond acceptors (Lipinski definition) is 6. The van der Waals surface area contributed by atoms with Crippen molar-refractivity contribution in [2.75, 3.05) is 41.7 Å². The Morgan fingerprint density at radius 3 is 2.82 bits per heavy atom. The highest BCUT2D eigenvalue weighted by Gasteiger charge is 2.13. The molecular weight excluding hydrogens is 370 g/mol. The van der Waals surface area contributed by atoms with E-state index in [9.17, 15) is 13.6 Å². The summed E-state index contributed by atoms with van der Waals surface area (Å²) in [5.74, 6) is 0.620. The van der Waals surface area contributed by atoms with Gasteiger partial charge in [-0.3, -0.25) is 0 Å². The number of benzene rings is 1. The largest absolute Gasteiger partial charge is 0.435 e. The normalized spacial score (nSPS) is 13.5. The van der Waals surface area contributed by atoms with Crippen molar-refractivity contribution < 1.29 is 18.3 Å². The number of nitrogens with one attached hydrogen (secondary N) is 3. The van der Waals surface area contributed by atoms with Gasteiger partial charge in [0.05, 0.1) is 11.9 Å². The van der Waals surface area contributed by atoms with E-state index in [4.69, 9.17) is 0 Å². The van der Waals surface area contributed by atoms with Gasteiger partial charge >= 0.3 is 12.6 Å². The van der Waals surface area contributed by atoms with E-state index in [0.29, 0.717) is 24.6 Å². The van der Waals surface area contributed by atoms with Gasteiger partial charge in [-0.2, -0.15) is 13.9 Å². The fraction of sp³-hybridized carbons (Fsp3) is 0.389. The topological polar surface area (TPSA) is 91.4 Å². The summed E-state index contributed by atoms with van der Waals surface area (Å²) in [6.45, 7) is -0.0658. The number of rotatable bonds is 8. The minimum Gasteiger partial charge on any atom is -0.435 e. The van der Waals surface area contributed by atoms with Crippen LogP contribution in [0.5, 0.6) is 5.75 Å². The summed E-state index contributed by atoms with van der Waals surface area (Å²) >= 11 is 0. The van der Waals surface area contributed by atoms with E-state index < -0.39 is 12.6 Å².